The lowest BCUT2D eigenvalue weighted by atomic mass is 9.98. The van der Waals surface area contributed by atoms with Crippen LogP contribution in [0.3, 0.4) is 0 Å². The summed E-state index contributed by atoms with van der Waals surface area (Å²) in [7, 11) is 0. The van der Waals surface area contributed by atoms with E-state index < -0.39 is 5.97 Å². The molecule has 1 fully saturated rings. The van der Waals surface area contributed by atoms with E-state index in [9.17, 15) is 4.79 Å². The molecule has 19 heavy (non-hydrogen) atoms. The number of carboxylic acids is 1. The molecule has 2 unspecified atom stereocenters. The SMILES string of the molecule is CCN1CCC(c2nc3n(n2)CCC(C(=O)O)C3)C1. The van der Waals surface area contributed by atoms with Crippen LogP contribution < -0.4 is 0 Å². The van der Waals surface area contributed by atoms with Crippen LogP contribution in [0.1, 0.15) is 37.3 Å². The first-order chi connectivity index (χ1) is 9.17. The Hall–Kier alpha value is -1.43. The Morgan fingerprint density at radius 2 is 2.26 bits per heavy atom. The highest BCUT2D eigenvalue weighted by atomic mass is 16.4. The Morgan fingerprint density at radius 1 is 1.42 bits per heavy atom. The van der Waals surface area contributed by atoms with Gasteiger partial charge in [0.1, 0.15) is 5.82 Å². The highest BCUT2D eigenvalue weighted by Crippen LogP contribution is 2.27. The lowest BCUT2D eigenvalue weighted by Gasteiger charge is -2.17. The second-order valence-corrected chi connectivity index (χ2v) is 5.52. The number of carbonyl (C=O) groups is 1. The summed E-state index contributed by atoms with van der Waals surface area (Å²) in [5.74, 6) is 1.18. The van der Waals surface area contributed by atoms with Crippen LogP contribution in [-0.4, -0.2) is 50.4 Å². The Kier molecular flexibility index (Phi) is 3.26. The number of hydrogen-bond acceptors (Lipinski definition) is 4. The maximum Gasteiger partial charge on any atom is 0.307 e. The van der Waals surface area contributed by atoms with Gasteiger partial charge in [-0.05, 0) is 25.9 Å². The summed E-state index contributed by atoms with van der Waals surface area (Å²) in [6, 6.07) is 0. The smallest absolute Gasteiger partial charge is 0.307 e. The van der Waals surface area contributed by atoms with Crippen LogP contribution in [0.4, 0.5) is 0 Å². The topological polar surface area (TPSA) is 71.2 Å². The first kappa shape index (κ1) is 12.6. The van der Waals surface area contributed by atoms with Gasteiger partial charge in [-0.2, -0.15) is 5.10 Å². The Balaban J connectivity index is 1.75. The molecule has 0 saturated carbocycles. The highest BCUT2D eigenvalue weighted by molar-refractivity contribution is 5.70. The second kappa shape index (κ2) is 4.92. The molecule has 3 rings (SSSR count). The summed E-state index contributed by atoms with van der Waals surface area (Å²) in [6.07, 6.45) is 2.29. The zero-order valence-electron chi connectivity index (χ0n) is 11.2. The summed E-state index contributed by atoms with van der Waals surface area (Å²) in [5, 5.41) is 13.7. The number of aliphatic carboxylic acids is 1. The van der Waals surface area contributed by atoms with Crippen LogP contribution in [0.25, 0.3) is 0 Å². The number of hydrogen-bond donors (Lipinski definition) is 1. The number of fused-ring (bicyclic) bond motifs is 1. The molecular formula is C13H20N4O2. The Labute approximate surface area is 112 Å². The minimum Gasteiger partial charge on any atom is -0.481 e. The van der Waals surface area contributed by atoms with E-state index in [1.54, 1.807) is 0 Å². The molecule has 2 atom stereocenters. The van der Waals surface area contributed by atoms with Crippen molar-refractivity contribution < 1.29 is 9.90 Å². The fourth-order valence-electron chi connectivity index (χ4n) is 3.04. The van der Waals surface area contributed by atoms with Gasteiger partial charge in [-0.3, -0.25) is 4.79 Å². The quantitative estimate of drug-likeness (QED) is 0.871. The van der Waals surface area contributed by atoms with Gasteiger partial charge in [0, 0.05) is 25.4 Å². The maximum absolute atomic E-state index is 11.0. The van der Waals surface area contributed by atoms with Gasteiger partial charge in [0.25, 0.3) is 0 Å². The van der Waals surface area contributed by atoms with E-state index in [2.05, 4.69) is 21.9 Å². The molecule has 2 aliphatic heterocycles. The van der Waals surface area contributed by atoms with Gasteiger partial charge in [0.2, 0.25) is 0 Å². The van der Waals surface area contributed by atoms with Crippen molar-refractivity contribution in [2.75, 3.05) is 19.6 Å². The third-order valence-corrected chi connectivity index (χ3v) is 4.32. The molecule has 1 aromatic heterocycles. The Bertz CT molecular complexity index is 485. The minimum absolute atomic E-state index is 0.291. The number of aromatic nitrogens is 3. The molecule has 1 N–H and O–H groups in total. The number of nitrogens with zero attached hydrogens (tertiary/aromatic N) is 4. The van der Waals surface area contributed by atoms with Crippen LogP contribution in [0.15, 0.2) is 0 Å². The van der Waals surface area contributed by atoms with E-state index in [0.29, 0.717) is 25.3 Å². The number of likely N-dealkylation sites (N-methyl/N-ethyl adjacent to an activating group) is 1. The standard InChI is InChI=1S/C13H20N4O2/c1-2-16-5-3-10(8-16)12-14-11-7-9(13(18)19)4-6-17(11)15-12/h9-10H,2-8H2,1H3,(H,18,19). The molecule has 0 radical (unpaired) electrons. The van der Waals surface area contributed by atoms with Crippen molar-refractivity contribution in [3.8, 4) is 0 Å². The number of aryl methyl sites for hydroxylation is 1. The third-order valence-electron chi connectivity index (χ3n) is 4.32. The molecule has 0 amide bonds. The van der Waals surface area contributed by atoms with Gasteiger partial charge in [0.05, 0.1) is 5.92 Å². The molecule has 104 valence electrons. The average Bonchev–Trinajstić information content (AvgIpc) is 3.03. The summed E-state index contributed by atoms with van der Waals surface area (Å²) >= 11 is 0. The molecule has 1 saturated heterocycles. The van der Waals surface area contributed by atoms with Crippen LogP contribution in [0, 0.1) is 5.92 Å². The molecule has 1 aromatic rings. The maximum atomic E-state index is 11.0. The zero-order chi connectivity index (χ0) is 13.4. The van der Waals surface area contributed by atoms with Gasteiger partial charge >= 0.3 is 5.97 Å². The van der Waals surface area contributed by atoms with Gasteiger partial charge in [0.15, 0.2) is 5.82 Å². The number of rotatable bonds is 3. The van der Waals surface area contributed by atoms with Crippen LogP contribution >= 0.6 is 0 Å². The van der Waals surface area contributed by atoms with Gasteiger partial charge < -0.3 is 10.0 Å². The molecule has 2 aliphatic rings. The van der Waals surface area contributed by atoms with Crippen LogP contribution in [0.5, 0.6) is 0 Å². The molecule has 0 aromatic carbocycles. The summed E-state index contributed by atoms with van der Waals surface area (Å²) < 4.78 is 1.91. The number of carboxylic acid groups (broad SMARTS) is 1. The van der Waals surface area contributed by atoms with Gasteiger partial charge in [-0.1, -0.05) is 6.92 Å². The van der Waals surface area contributed by atoms with Crippen molar-refractivity contribution in [1.29, 1.82) is 0 Å². The largest absolute Gasteiger partial charge is 0.481 e. The molecule has 0 spiro atoms. The normalized spacial score (nSPS) is 27.4. The van der Waals surface area contributed by atoms with E-state index in [1.807, 2.05) is 4.68 Å². The van der Waals surface area contributed by atoms with Crippen molar-refractivity contribution in [3.05, 3.63) is 11.6 Å². The number of likely N-dealkylation sites (tertiary alicyclic amines) is 1. The fourth-order valence-corrected chi connectivity index (χ4v) is 3.04. The van der Waals surface area contributed by atoms with Crippen molar-refractivity contribution >= 4 is 5.97 Å². The van der Waals surface area contributed by atoms with Crippen molar-refractivity contribution in [1.82, 2.24) is 19.7 Å². The van der Waals surface area contributed by atoms with E-state index in [-0.39, 0.29) is 5.92 Å². The minimum atomic E-state index is -0.714. The summed E-state index contributed by atoms with van der Waals surface area (Å²) in [5.41, 5.74) is 0. The summed E-state index contributed by atoms with van der Waals surface area (Å²) in [6.45, 7) is 6.07. The molecule has 0 bridgehead atoms. The van der Waals surface area contributed by atoms with Crippen LogP contribution in [0.2, 0.25) is 0 Å². The lowest BCUT2D eigenvalue weighted by molar-refractivity contribution is -0.142. The highest BCUT2D eigenvalue weighted by Gasteiger charge is 2.30. The fraction of sp³-hybridized carbons (Fsp3) is 0.769. The monoisotopic (exact) mass is 264 g/mol. The van der Waals surface area contributed by atoms with Crippen molar-refractivity contribution in [2.45, 2.75) is 38.6 Å². The Morgan fingerprint density at radius 3 is 2.95 bits per heavy atom. The first-order valence-electron chi connectivity index (χ1n) is 7.06. The molecule has 0 aliphatic carbocycles. The zero-order valence-corrected chi connectivity index (χ0v) is 11.2. The van der Waals surface area contributed by atoms with Crippen molar-refractivity contribution in [2.24, 2.45) is 5.92 Å². The first-order valence-corrected chi connectivity index (χ1v) is 7.06. The van der Waals surface area contributed by atoms with E-state index in [0.717, 1.165) is 37.7 Å². The van der Waals surface area contributed by atoms with E-state index in [4.69, 9.17) is 5.11 Å². The second-order valence-electron chi connectivity index (χ2n) is 5.52. The summed E-state index contributed by atoms with van der Waals surface area (Å²) in [4.78, 5) is 18.0. The molecular weight excluding hydrogens is 244 g/mol. The van der Waals surface area contributed by atoms with E-state index >= 15 is 0 Å². The van der Waals surface area contributed by atoms with Crippen molar-refractivity contribution in [3.63, 3.8) is 0 Å². The molecule has 6 nitrogen and oxygen atoms in total. The molecule has 6 heteroatoms. The average molecular weight is 264 g/mol. The lowest BCUT2D eigenvalue weighted by Crippen LogP contribution is -2.26. The predicted octanol–water partition coefficient (Wildman–Crippen LogP) is 0.734. The molecule has 3 heterocycles. The van der Waals surface area contributed by atoms with Gasteiger partial charge in [-0.25, -0.2) is 9.67 Å². The predicted molar refractivity (Wildman–Crippen MR) is 68.9 cm³/mol. The van der Waals surface area contributed by atoms with Gasteiger partial charge in [-0.15, -0.1) is 0 Å². The van der Waals surface area contributed by atoms with E-state index in [1.165, 1.54) is 0 Å². The van der Waals surface area contributed by atoms with Crippen LogP contribution in [-0.2, 0) is 17.8 Å². The third kappa shape index (κ3) is 2.36.